The van der Waals surface area contributed by atoms with E-state index in [9.17, 15) is 9.59 Å². The number of ether oxygens (including phenoxy) is 1. The van der Waals surface area contributed by atoms with E-state index in [1.54, 1.807) is 17.7 Å². The molecule has 1 aliphatic rings. The molecule has 1 aliphatic heterocycles. The number of carbonyl (C=O) groups excluding carboxylic acids is 1. The maximum Gasteiger partial charge on any atom is 0.258 e. The van der Waals surface area contributed by atoms with Crippen LogP contribution in [0.1, 0.15) is 27.9 Å². The molecule has 21 heavy (non-hydrogen) atoms. The molecule has 2 aromatic rings. The van der Waals surface area contributed by atoms with Gasteiger partial charge in [-0.15, -0.1) is 0 Å². The van der Waals surface area contributed by atoms with Gasteiger partial charge >= 0.3 is 0 Å². The highest BCUT2D eigenvalue weighted by atomic mass is 16.5. The molecule has 1 aromatic carbocycles. The van der Waals surface area contributed by atoms with Crippen LogP contribution in [0.2, 0.25) is 0 Å². The number of anilines is 1. The van der Waals surface area contributed by atoms with E-state index >= 15 is 0 Å². The van der Waals surface area contributed by atoms with Gasteiger partial charge in [-0.3, -0.25) is 14.2 Å². The minimum absolute atomic E-state index is 0.0333. The molecule has 5 nitrogen and oxygen atoms in total. The summed E-state index contributed by atoms with van der Waals surface area (Å²) in [5.41, 5.74) is 4.01. The van der Waals surface area contributed by atoms with E-state index < -0.39 is 0 Å². The Labute approximate surface area is 122 Å². The molecule has 5 heteroatoms. The minimum atomic E-state index is -0.0333. The van der Waals surface area contributed by atoms with E-state index in [0.29, 0.717) is 5.56 Å². The fourth-order valence-corrected chi connectivity index (χ4v) is 3.10. The number of benzene rings is 1. The normalized spacial score (nSPS) is 13.8. The summed E-state index contributed by atoms with van der Waals surface area (Å²) in [5, 5.41) is 4.36. The molecule has 110 valence electrons. The number of pyridine rings is 1. The molecule has 1 aromatic heterocycles. The number of aromatic nitrogens is 1. The predicted molar refractivity (Wildman–Crippen MR) is 82.2 cm³/mol. The van der Waals surface area contributed by atoms with Gasteiger partial charge in [0.25, 0.3) is 5.56 Å². The number of hydrogen-bond acceptors (Lipinski definition) is 4. The van der Waals surface area contributed by atoms with E-state index in [2.05, 4.69) is 5.32 Å². The van der Waals surface area contributed by atoms with Crippen LogP contribution in [-0.4, -0.2) is 24.5 Å². The van der Waals surface area contributed by atoms with Crippen LogP contribution in [0.5, 0.6) is 0 Å². The van der Waals surface area contributed by atoms with E-state index in [-0.39, 0.29) is 12.3 Å². The molecule has 0 amide bonds. The summed E-state index contributed by atoms with van der Waals surface area (Å²) < 4.78 is 6.79. The van der Waals surface area contributed by atoms with Gasteiger partial charge in [-0.1, -0.05) is 0 Å². The van der Waals surface area contributed by atoms with Crippen molar-refractivity contribution < 1.29 is 9.53 Å². The Kier molecular flexibility index (Phi) is 3.51. The number of carbonyl (C=O) groups is 1. The Morgan fingerprint density at radius 1 is 1.43 bits per heavy atom. The number of fused-ring (bicyclic) bond motifs is 3. The summed E-state index contributed by atoms with van der Waals surface area (Å²) in [5.74, 6) is 0. The van der Waals surface area contributed by atoms with Crippen molar-refractivity contribution in [2.24, 2.45) is 0 Å². The summed E-state index contributed by atoms with van der Waals surface area (Å²) >= 11 is 0. The minimum Gasteiger partial charge on any atom is -0.384 e. The number of nitrogens with one attached hydrogen (secondary N) is 1. The third-order valence-electron chi connectivity index (χ3n) is 3.98. The Morgan fingerprint density at radius 2 is 2.24 bits per heavy atom. The molecule has 0 spiro atoms. The van der Waals surface area contributed by atoms with Crippen molar-refractivity contribution in [2.45, 2.75) is 26.5 Å². The molecule has 1 N–H and O–H groups in total. The van der Waals surface area contributed by atoms with E-state index in [1.807, 2.05) is 13.0 Å². The van der Waals surface area contributed by atoms with Crippen LogP contribution in [-0.2, 0) is 17.9 Å². The van der Waals surface area contributed by atoms with E-state index in [0.717, 1.165) is 53.4 Å². The third-order valence-corrected chi connectivity index (χ3v) is 3.98. The summed E-state index contributed by atoms with van der Waals surface area (Å²) in [6, 6.07) is 3.61. The van der Waals surface area contributed by atoms with Gasteiger partial charge in [0, 0.05) is 30.2 Å². The van der Waals surface area contributed by atoms with Crippen LogP contribution < -0.4 is 10.9 Å². The summed E-state index contributed by atoms with van der Waals surface area (Å²) in [6.07, 6.45) is 2.53. The summed E-state index contributed by atoms with van der Waals surface area (Å²) in [4.78, 5) is 23.8. The zero-order valence-corrected chi connectivity index (χ0v) is 12.2. The van der Waals surface area contributed by atoms with Gasteiger partial charge in [-0.2, -0.15) is 0 Å². The van der Waals surface area contributed by atoms with Crippen molar-refractivity contribution in [3.63, 3.8) is 0 Å². The first-order valence-corrected chi connectivity index (χ1v) is 7.05. The summed E-state index contributed by atoms with van der Waals surface area (Å²) in [6.45, 7) is 3.02. The molecule has 0 aliphatic carbocycles. The first-order chi connectivity index (χ1) is 10.2. The fourth-order valence-electron chi connectivity index (χ4n) is 3.10. The number of rotatable bonds is 3. The molecule has 0 saturated heterocycles. The second-order valence-corrected chi connectivity index (χ2v) is 5.38. The Balaban J connectivity index is 2.47. The number of aldehydes is 1. The number of methoxy groups -OCH3 is 1. The number of aryl methyl sites for hydroxylation is 1. The SMILES string of the molecule is COCn1c(=O)c2c(c3c(C)cc(C=O)cc31)NCCC2. The van der Waals surface area contributed by atoms with Crippen molar-refractivity contribution in [3.05, 3.63) is 39.2 Å². The lowest BCUT2D eigenvalue weighted by Gasteiger charge is -2.23. The maximum atomic E-state index is 12.7. The molecule has 2 heterocycles. The molecule has 0 saturated carbocycles. The molecular formula is C16H18N2O3. The van der Waals surface area contributed by atoms with Crippen molar-refractivity contribution in [2.75, 3.05) is 19.0 Å². The monoisotopic (exact) mass is 286 g/mol. The predicted octanol–water partition coefficient (Wildman–Crippen LogP) is 2.08. The fraction of sp³-hybridized carbons (Fsp3) is 0.375. The van der Waals surface area contributed by atoms with Gasteiger partial charge in [0.05, 0.1) is 11.2 Å². The Hall–Kier alpha value is -2.14. The second kappa shape index (κ2) is 5.33. The van der Waals surface area contributed by atoms with Gasteiger partial charge in [0.15, 0.2) is 0 Å². The Bertz CT molecular complexity index is 777. The van der Waals surface area contributed by atoms with Gasteiger partial charge in [0.1, 0.15) is 13.0 Å². The first-order valence-electron chi connectivity index (χ1n) is 7.05. The third kappa shape index (κ3) is 2.14. The smallest absolute Gasteiger partial charge is 0.258 e. The van der Waals surface area contributed by atoms with Crippen LogP contribution in [0.4, 0.5) is 5.69 Å². The molecule has 3 rings (SSSR count). The van der Waals surface area contributed by atoms with Crippen LogP contribution in [0.15, 0.2) is 16.9 Å². The highest BCUT2D eigenvalue weighted by Gasteiger charge is 2.20. The molecule has 0 unspecified atom stereocenters. The van der Waals surface area contributed by atoms with E-state index in [4.69, 9.17) is 4.74 Å². The highest BCUT2D eigenvalue weighted by molar-refractivity contribution is 5.98. The first kappa shape index (κ1) is 13.8. The largest absolute Gasteiger partial charge is 0.384 e. The van der Waals surface area contributed by atoms with Crippen LogP contribution in [0.3, 0.4) is 0 Å². The molecular weight excluding hydrogens is 268 g/mol. The maximum absolute atomic E-state index is 12.7. The average molecular weight is 286 g/mol. The standard InChI is InChI=1S/C16H18N2O3/c1-10-6-11(8-19)7-13-14(10)15-12(4-3-5-17-15)16(20)18(13)9-21-2/h6-8,17H,3-5,9H2,1-2H3. The molecule has 0 radical (unpaired) electrons. The highest BCUT2D eigenvalue weighted by Crippen LogP contribution is 2.31. The lowest BCUT2D eigenvalue weighted by molar-refractivity contribution is 0.112. The zero-order valence-electron chi connectivity index (χ0n) is 12.2. The number of hydrogen-bond donors (Lipinski definition) is 1. The molecule has 0 bridgehead atoms. The quantitative estimate of drug-likeness (QED) is 0.878. The van der Waals surface area contributed by atoms with Crippen molar-refractivity contribution in [1.82, 2.24) is 4.57 Å². The second-order valence-electron chi connectivity index (χ2n) is 5.38. The summed E-state index contributed by atoms with van der Waals surface area (Å²) in [7, 11) is 1.56. The van der Waals surface area contributed by atoms with Gasteiger partial charge < -0.3 is 10.1 Å². The van der Waals surface area contributed by atoms with Gasteiger partial charge in [-0.05, 0) is 37.5 Å². The van der Waals surface area contributed by atoms with Gasteiger partial charge in [0.2, 0.25) is 0 Å². The number of nitrogens with zero attached hydrogens (tertiary/aromatic N) is 1. The topological polar surface area (TPSA) is 60.3 Å². The Morgan fingerprint density at radius 3 is 2.95 bits per heavy atom. The average Bonchev–Trinajstić information content (AvgIpc) is 2.50. The van der Waals surface area contributed by atoms with Gasteiger partial charge in [-0.25, -0.2) is 0 Å². The van der Waals surface area contributed by atoms with Crippen LogP contribution in [0, 0.1) is 6.92 Å². The molecule has 0 atom stereocenters. The van der Waals surface area contributed by atoms with Crippen LogP contribution in [0.25, 0.3) is 10.9 Å². The lowest BCUT2D eigenvalue weighted by Crippen LogP contribution is -2.29. The van der Waals surface area contributed by atoms with Crippen molar-refractivity contribution >= 4 is 22.9 Å². The zero-order chi connectivity index (χ0) is 15.0. The van der Waals surface area contributed by atoms with Crippen LogP contribution >= 0.6 is 0 Å². The molecule has 0 fully saturated rings. The van der Waals surface area contributed by atoms with Crippen molar-refractivity contribution in [1.29, 1.82) is 0 Å². The lowest BCUT2D eigenvalue weighted by atomic mass is 9.97. The van der Waals surface area contributed by atoms with Crippen molar-refractivity contribution in [3.8, 4) is 0 Å². The van der Waals surface area contributed by atoms with E-state index in [1.165, 1.54) is 0 Å².